The molecule has 19 heavy (non-hydrogen) atoms. The second-order valence-electron chi connectivity index (χ2n) is 3.81. The van der Waals surface area contributed by atoms with Crippen molar-refractivity contribution in [1.82, 2.24) is 14.6 Å². The van der Waals surface area contributed by atoms with E-state index in [1.165, 1.54) is 18.5 Å². The van der Waals surface area contributed by atoms with Crippen LogP contribution in [0.1, 0.15) is 0 Å². The number of ether oxygens (including phenoxy) is 1. The summed E-state index contributed by atoms with van der Waals surface area (Å²) >= 11 is 5.83. The first-order valence-electron chi connectivity index (χ1n) is 5.36. The Bertz CT molecular complexity index is 759. The molecule has 2 aromatic heterocycles. The zero-order valence-corrected chi connectivity index (χ0v) is 10.3. The minimum absolute atomic E-state index is 0.0229. The molecule has 0 saturated heterocycles. The molecule has 1 aromatic carbocycles. The van der Waals surface area contributed by atoms with E-state index < -0.39 is 5.82 Å². The third kappa shape index (κ3) is 2.06. The Balaban J connectivity index is 1.98. The van der Waals surface area contributed by atoms with E-state index in [1.54, 1.807) is 22.8 Å². The van der Waals surface area contributed by atoms with Crippen LogP contribution in [0.4, 0.5) is 10.1 Å². The van der Waals surface area contributed by atoms with Gasteiger partial charge in [-0.05, 0) is 18.2 Å². The Morgan fingerprint density at radius 2 is 2.16 bits per heavy atom. The molecule has 3 aromatic rings. The lowest BCUT2D eigenvalue weighted by atomic mass is 10.3. The molecule has 3 rings (SSSR count). The summed E-state index contributed by atoms with van der Waals surface area (Å²) in [4.78, 5) is 4.02. The van der Waals surface area contributed by atoms with Gasteiger partial charge in [0.1, 0.15) is 22.8 Å². The molecule has 0 unspecified atom stereocenters. The minimum Gasteiger partial charge on any atom is -0.455 e. The van der Waals surface area contributed by atoms with Crippen molar-refractivity contribution >= 4 is 22.9 Å². The molecule has 0 atom stereocenters. The lowest BCUT2D eigenvalue weighted by Crippen LogP contribution is -1.94. The van der Waals surface area contributed by atoms with Crippen molar-refractivity contribution in [1.29, 1.82) is 0 Å². The topological polar surface area (TPSA) is 65.4 Å². The molecule has 0 saturated carbocycles. The third-order valence-electron chi connectivity index (χ3n) is 2.56. The van der Waals surface area contributed by atoms with Crippen LogP contribution in [0.2, 0.25) is 5.02 Å². The number of pyridine rings is 1. The first-order valence-corrected chi connectivity index (χ1v) is 5.73. The summed E-state index contributed by atoms with van der Waals surface area (Å²) in [5.74, 6) is -0.0217. The van der Waals surface area contributed by atoms with Crippen LogP contribution < -0.4 is 10.5 Å². The van der Waals surface area contributed by atoms with Gasteiger partial charge in [0, 0.05) is 12.3 Å². The Morgan fingerprint density at radius 3 is 3.00 bits per heavy atom. The number of fused-ring (bicyclic) bond motifs is 1. The predicted octanol–water partition coefficient (Wildman–Crippen LogP) is 2.90. The van der Waals surface area contributed by atoms with Crippen molar-refractivity contribution < 1.29 is 9.13 Å². The summed E-state index contributed by atoms with van der Waals surface area (Å²) in [6.07, 6.45) is 3.11. The number of nitrogen functional groups attached to an aromatic ring is 1. The van der Waals surface area contributed by atoms with Gasteiger partial charge in [-0.2, -0.15) is 5.10 Å². The lowest BCUT2D eigenvalue weighted by molar-refractivity contribution is 0.477. The fourth-order valence-electron chi connectivity index (χ4n) is 1.61. The number of hydrogen-bond donors (Lipinski definition) is 1. The van der Waals surface area contributed by atoms with Crippen molar-refractivity contribution in [2.45, 2.75) is 0 Å². The molecule has 0 spiro atoms. The number of rotatable bonds is 2. The summed E-state index contributed by atoms with van der Waals surface area (Å²) in [5, 5.41) is 3.81. The molecule has 0 radical (unpaired) electrons. The van der Waals surface area contributed by atoms with Gasteiger partial charge in [0.25, 0.3) is 0 Å². The van der Waals surface area contributed by atoms with Crippen molar-refractivity contribution in [3.05, 3.63) is 47.6 Å². The van der Waals surface area contributed by atoms with Gasteiger partial charge < -0.3 is 10.5 Å². The van der Waals surface area contributed by atoms with E-state index in [4.69, 9.17) is 22.1 Å². The van der Waals surface area contributed by atoms with Gasteiger partial charge in [-0.1, -0.05) is 11.6 Å². The number of anilines is 1. The van der Waals surface area contributed by atoms with Crippen molar-refractivity contribution in [3.63, 3.8) is 0 Å². The van der Waals surface area contributed by atoms with Crippen molar-refractivity contribution in [2.75, 3.05) is 5.73 Å². The van der Waals surface area contributed by atoms with Crippen LogP contribution in [0.5, 0.6) is 11.5 Å². The number of nitrogens with two attached hydrogens (primary N) is 1. The fourth-order valence-corrected chi connectivity index (χ4v) is 1.82. The molecule has 0 aliphatic carbocycles. The average molecular weight is 279 g/mol. The van der Waals surface area contributed by atoms with E-state index in [9.17, 15) is 4.39 Å². The fraction of sp³-hybridized carbons (Fsp3) is 0. The number of hydrogen-bond acceptors (Lipinski definition) is 4. The lowest BCUT2D eigenvalue weighted by Gasteiger charge is -2.09. The van der Waals surface area contributed by atoms with Gasteiger partial charge in [-0.25, -0.2) is 13.9 Å². The van der Waals surface area contributed by atoms with Crippen LogP contribution in [-0.4, -0.2) is 14.6 Å². The molecule has 96 valence electrons. The Labute approximate surface area is 112 Å². The predicted molar refractivity (Wildman–Crippen MR) is 68.9 cm³/mol. The highest BCUT2D eigenvalue weighted by Crippen LogP contribution is 2.33. The highest BCUT2D eigenvalue weighted by Gasteiger charge is 2.12. The zero-order valence-electron chi connectivity index (χ0n) is 9.55. The molecule has 0 bridgehead atoms. The van der Waals surface area contributed by atoms with Gasteiger partial charge in [0.05, 0.1) is 5.69 Å². The van der Waals surface area contributed by atoms with Gasteiger partial charge >= 0.3 is 0 Å². The molecular formula is C12H8ClFN4O. The molecular weight excluding hydrogens is 271 g/mol. The van der Waals surface area contributed by atoms with E-state index in [1.807, 2.05) is 0 Å². The second-order valence-corrected chi connectivity index (χ2v) is 4.19. The largest absolute Gasteiger partial charge is 0.455 e. The van der Waals surface area contributed by atoms with Gasteiger partial charge in [-0.3, -0.25) is 0 Å². The molecule has 2 N–H and O–H groups in total. The normalized spacial score (nSPS) is 10.8. The molecule has 7 heteroatoms. The van der Waals surface area contributed by atoms with Crippen LogP contribution >= 0.6 is 11.6 Å². The molecule has 2 heterocycles. The molecule has 0 aliphatic rings. The average Bonchev–Trinajstić information content (AvgIpc) is 2.87. The zero-order chi connectivity index (χ0) is 13.4. The minimum atomic E-state index is -0.692. The van der Waals surface area contributed by atoms with Crippen LogP contribution in [-0.2, 0) is 0 Å². The Morgan fingerprint density at radius 1 is 1.32 bits per heavy atom. The summed E-state index contributed by atoms with van der Waals surface area (Å²) in [5.41, 5.74) is 6.00. The van der Waals surface area contributed by atoms with E-state index in [0.29, 0.717) is 11.4 Å². The van der Waals surface area contributed by atoms with E-state index in [0.717, 1.165) is 0 Å². The molecule has 5 nitrogen and oxygen atoms in total. The van der Waals surface area contributed by atoms with Crippen LogP contribution in [0, 0.1) is 5.82 Å². The second kappa shape index (κ2) is 4.40. The molecule has 0 fully saturated rings. The van der Waals surface area contributed by atoms with Crippen molar-refractivity contribution in [3.8, 4) is 11.5 Å². The quantitative estimate of drug-likeness (QED) is 0.732. The Kier molecular flexibility index (Phi) is 2.72. The van der Waals surface area contributed by atoms with Crippen LogP contribution in [0.15, 0.2) is 36.8 Å². The van der Waals surface area contributed by atoms with Gasteiger partial charge in [0.15, 0.2) is 11.5 Å². The van der Waals surface area contributed by atoms with Gasteiger partial charge in [0.2, 0.25) is 0 Å². The third-order valence-corrected chi connectivity index (χ3v) is 2.91. The Hall–Kier alpha value is -2.34. The summed E-state index contributed by atoms with van der Waals surface area (Å²) < 4.78 is 20.6. The summed E-state index contributed by atoms with van der Waals surface area (Å²) in [7, 11) is 0. The van der Waals surface area contributed by atoms with Crippen molar-refractivity contribution in [2.24, 2.45) is 0 Å². The van der Waals surface area contributed by atoms with E-state index in [2.05, 4.69) is 10.1 Å². The highest BCUT2D eigenvalue weighted by molar-refractivity contribution is 6.32. The monoisotopic (exact) mass is 278 g/mol. The van der Waals surface area contributed by atoms with Crippen LogP contribution in [0.3, 0.4) is 0 Å². The number of benzene rings is 1. The van der Waals surface area contributed by atoms with Crippen LogP contribution in [0.25, 0.3) is 5.65 Å². The highest BCUT2D eigenvalue weighted by atomic mass is 35.5. The summed E-state index contributed by atoms with van der Waals surface area (Å²) in [6.45, 7) is 0. The maximum atomic E-state index is 13.5. The summed E-state index contributed by atoms with van der Waals surface area (Å²) in [6, 6.07) is 6.24. The maximum absolute atomic E-state index is 13.5. The van der Waals surface area contributed by atoms with E-state index in [-0.39, 0.29) is 16.5 Å². The SMILES string of the molecule is Nc1ccc(Oc2ccn3ncnc3c2)c(Cl)c1F. The number of aromatic nitrogens is 3. The molecule has 0 aliphatic heterocycles. The first-order chi connectivity index (χ1) is 9.15. The first kappa shape index (κ1) is 11.7. The number of nitrogens with zero attached hydrogens (tertiary/aromatic N) is 3. The molecule has 0 amide bonds. The maximum Gasteiger partial charge on any atom is 0.168 e. The standard InChI is InChI=1S/C12H8ClFN4O/c13-11-9(2-1-8(15)12(11)14)19-7-3-4-18-10(5-7)16-6-17-18/h1-6H,15H2. The number of halogens is 2. The van der Waals surface area contributed by atoms with Gasteiger partial charge in [-0.15, -0.1) is 0 Å². The van der Waals surface area contributed by atoms with E-state index >= 15 is 0 Å². The smallest absolute Gasteiger partial charge is 0.168 e.